The van der Waals surface area contributed by atoms with Gasteiger partial charge in [0, 0.05) is 26.1 Å². The standard InChI is InChI=1S/C21H33N3O4/c1-24(15-16-28-19-12-10-18(27-2)11-13-19)20(25)9-6-14-22-21(26)23-17-7-4-3-5-8-17/h10-13,17H,3-9,14-16H2,1-2H3,(H2,22,23,26). The summed E-state index contributed by atoms with van der Waals surface area (Å²) in [7, 11) is 3.39. The van der Waals surface area contributed by atoms with Crippen molar-refractivity contribution in [1.82, 2.24) is 15.5 Å². The monoisotopic (exact) mass is 391 g/mol. The number of benzene rings is 1. The van der Waals surface area contributed by atoms with Crippen LogP contribution in [0.4, 0.5) is 4.79 Å². The van der Waals surface area contributed by atoms with Gasteiger partial charge < -0.3 is 25.0 Å². The fourth-order valence-electron chi connectivity index (χ4n) is 3.21. The molecule has 0 radical (unpaired) electrons. The molecule has 1 aromatic rings. The highest BCUT2D eigenvalue weighted by atomic mass is 16.5. The molecule has 1 fully saturated rings. The quantitative estimate of drug-likeness (QED) is 0.601. The van der Waals surface area contributed by atoms with E-state index in [0.717, 1.165) is 24.3 Å². The number of methoxy groups -OCH3 is 1. The molecule has 7 heteroatoms. The number of likely N-dealkylation sites (N-methyl/N-ethyl adjacent to an activating group) is 1. The number of carbonyl (C=O) groups excluding carboxylic acids is 2. The van der Waals surface area contributed by atoms with Gasteiger partial charge in [-0.2, -0.15) is 0 Å². The summed E-state index contributed by atoms with van der Waals surface area (Å²) >= 11 is 0. The molecule has 1 aromatic carbocycles. The van der Waals surface area contributed by atoms with E-state index in [1.165, 1.54) is 19.3 Å². The number of hydrogen-bond acceptors (Lipinski definition) is 4. The van der Waals surface area contributed by atoms with Crippen molar-refractivity contribution in [3.63, 3.8) is 0 Å². The van der Waals surface area contributed by atoms with Crippen molar-refractivity contribution >= 4 is 11.9 Å². The summed E-state index contributed by atoms with van der Waals surface area (Å²) in [6.45, 7) is 1.44. The molecule has 2 N–H and O–H groups in total. The average Bonchev–Trinajstić information content (AvgIpc) is 2.72. The van der Waals surface area contributed by atoms with Gasteiger partial charge >= 0.3 is 6.03 Å². The molecule has 1 aliphatic rings. The Kier molecular flexibility index (Phi) is 9.45. The van der Waals surface area contributed by atoms with Crippen LogP contribution in [0.1, 0.15) is 44.9 Å². The lowest BCUT2D eigenvalue weighted by Gasteiger charge is -2.23. The Morgan fingerprint density at radius 3 is 2.46 bits per heavy atom. The van der Waals surface area contributed by atoms with Gasteiger partial charge in [0.2, 0.25) is 5.91 Å². The van der Waals surface area contributed by atoms with E-state index in [4.69, 9.17) is 9.47 Å². The molecule has 0 aliphatic heterocycles. The van der Waals surface area contributed by atoms with Crippen LogP contribution in [0.15, 0.2) is 24.3 Å². The first-order chi connectivity index (χ1) is 13.6. The van der Waals surface area contributed by atoms with E-state index < -0.39 is 0 Å². The van der Waals surface area contributed by atoms with Crippen LogP contribution in [0.3, 0.4) is 0 Å². The number of urea groups is 1. The molecule has 0 atom stereocenters. The molecule has 156 valence electrons. The average molecular weight is 392 g/mol. The first-order valence-electron chi connectivity index (χ1n) is 10.1. The normalized spacial score (nSPS) is 14.2. The number of ether oxygens (including phenoxy) is 2. The van der Waals surface area contributed by atoms with Crippen LogP contribution in [0.5, 0.6) is 11.5 Å². The van der Waals surface area contributed by atoms with Crippen molar-refractivity contribution in [2.75, 3.05) is 33.9 Å². The molecule has 0 spiro atoms. The van der Waals surface area contributed by atoms with Crippen LogP contribution < -0.4 is 20.1 Å². The minimum Gasteiger partial charge on any atom is -0.497 e. The zero-order valence-corrected chi connectivity index (χ0v) is 17.0. The van der Waals surface area contributed by atoms with Crippen LogP contribution in [0.25, 0.3) is 0 Å². The van der Waals surface area contributed by atoms with Crippen LogP contribution >= 0.6 is 0 Å². The third-order valence-electron chi connectivity index (χ3n) is 4.97. The maximum Gasteiger partial charge on any atom is 0.315 e. The zero-order valence-electron chi connectivity index (χ0n) is 17.0. The Morgan fingerprint density at radius 2 is 1.79 bits per heavy atom. The fraction of sp³-hybridized carbons (Fsp3) is 0.619. The molecule has 7 nitrogen and oxygen atoms in total. The van der Waals surface area contributed by atoms with Gasteiger partial charge in [0.1, 0.15) is 18.1 Å². The lowest BCUT2D eigenvalue weighted by atomic mass is 9.96. The summed E-state index contributed by atoms with van der Waals surface area (Å²) in [5.74, 6) is 1.57. The second kappa shape index (κ2) is 12.1. The second-order valence-electron chi connectivity index (χ2n) is 7.18. The number of rotatable bonds is 10. The summed E-state index contributed by atoms with van der Waals surface area (Å²) in [6.07, 6.45) is 6.80. The largest absolute Gasteiger partial charge is 0.497 e. The van der Waals surface area contributed by atoms with E-state index in [9.17, 15) is 9.59 Å². The van der Waals surface area contributed by atoms with E-state index in [1.54, 1.807) is 19.1 Å². The Labute approximate surface area is 167 Å². The molecule has 0 bridgehead atoms. The van der Waals surface area contributed by atoms with Crippen molar-refractivity contribution in [1.29, 1.82) is 0 Å². The molecule has 3 amide bonds. The molecule has 0 heterocycles. The van der Waals surface area contributed by atoms with Crippen molar-refractivity contribution in [2.24, 2.45) is 0 Å². The lowest BCUT2D eigenvalue weighted by Crippen LogP contribution is -2.43. The predicted octanol–water partition coefficient (Wildman–Crippen LogP) is 2.94. The number of amides is 3. The van der Waals surface area contributed by atoms with Gasteiger partial charge in [-0.05, 0) is 43.5 Å². The maximum absolute atomic E-state index is 12.2. The zero-order chi connectivity index (χ0) is 20.2. The van der Waals surface area contributed by atoms with Crippen LogP contribution in [0, 0.1) is 0 Å². The number of carbonyl (C=O) groups is 2. The summed E-state index contributed by atoms with van der Waals surface area (Å²) in [5.41, 5.74) is 0. The van der Waals surface area contributed by atoms with Gasteiger partial charge in [0.05, 0.1) is 13.7 Å². The lowest BCUT2D eigenvalue weighted by molar-refractivity contribution is -0.130. The molecule has 1 saturated carbocycles. The predicted molar refractivity (Wildman–Crippen MR) is 109 cm³/mol. The van der Waals surface area contributed by atoms with E-state index in [2.05, 4.69) is 10.6 Å². The first-order valence-corrected chi connectivity index (χ1v) is 10.1. The SMILES string of the molecule is COc1ccc(OCCN(C)C(=O)CCCNC(=O)NC2CCCCC2)cc1. The van der Waals surface area contributed by atoms with Gasteiger partial charge in [-0.15, -0.1) is 0 Å². The van der Waals surface area contributed by atoms with Gasteiger partial charge in [0.25, 0.3) is 0 Å². The van der Waals surface area contributed by atoms with Crippen LogP contribution in [-0.2, 0) is 4.79 Å². The first kappa shape index (κ1) is 21.9. The van der Waals surface area contributed by atoms with Crippen LogP contribution in [-0.4, -0.2) is 56.7 Å². The Hall–Kier alpha value is -2.44. The molecule has 0 aromatic heterocycles. The molecule has 0 saturated heterocycles. The van der Waals surface area contributed by atoms with E-state index in [0.29, 0.717) is 38.6 Å². The smallest absolute Gasteiger partial charge is 0.315 e. The number of hydrogen-bond donors (Lipinski definition) is 2. The van der Waals surface area contributed by atoms with Gasteiger partial charge in [0.15, 0.2) is 0 Å². The number of nitrogens with zero attached hydrogens (tertiary/aromatic N) is 1. The third-order valence-corrected chi connectivity index (χ3v) is 4.97. The summed E-state index contributed by atoms with van der Waals surface area (Å²) in [5, 5.41) is 5.85. The van der Waals surface area contributed by atoms with Gasteiger partial charge in [-0.25, -0.2) is 4.79 Å². The molecule has 28 heavy (non-hydrogen) atoms. The topological polar surface area (TPSA) is 79.9 Å². The third kappa shape index (κ3) is 8.06. The molecule has 2 rings (SSSR count). The van der Waals surface area contributed by atoms with Gasteiger partial charge in [-0.1, -0.05) is 19.3 Å². The van der Waals surface area contributed by atoms with Gasteiger partial charge in [-0.3, -0.25) is 4.79 Å². The summed E-state index contributed by atoms with van der Waals surface area (Å²) < 4.78 is 10.7. The molecule has 1 aliphatic carbocycles. The minimum atomic E-state index is -0.124. The van der Waals surface area contributed by atoms with E-state index in [1.807, 2.05) is 24.3 Å². The van der Waals surface area contributed by atoms with Crippen molar-refractivity contribution < 1.29 is 19.1 Å². The maximum atomic E-state index is 12.2. The summed E-state index contributed by atoms with van der Waals surface area (Å²) in [6, 6.07) is 7.52. The Morgan fingerprint density at radius 1 is 1.11 bits per heavy atom. The Bertz CT molecular complexity index is 600. The second-order valence-corrected chi connectivity index (χ2v) is 7.18. The Balaban J connectivity index is 1.53. The van der Waals surface area contributed by atoms with E-state index >= 15 is 0 Å². The highest BCUT2D eigenvalue weighted by Gasteiger charge is 2.15. The van der Waals surface area contributed by atoms with Crippen molar-refractivity contribution in [3.8, 4) is 11.5 Å². The van der Waals surface area contributed by atoms with E-state index in [-0.39, 0.29) is 11.9 Å². The number of nitrogens with one attached hydrogen (secondary N) is 2. The molecule has 0 unspecified atom stereocenters. The van der Waals surface area contributed by atoms with Crippen molar-refractivity contribution in [3.05, 3.63) is 24.3 Å². The van der Waals surface area contributed by atoms with Crippen molar-refractivity contribution in [2.45, 2.75) is 51.0 Å². The molecular weight excluding hydrogens is 358 g/mol. The summed E-state index contributed by atoms with van der Waals surface area (Å²) in [4.78, 5) is 25.7. The highest BCUT2D eigenvalue weighted by Crippen LogP contribution is 2.17. The highest BCUT2D eigenvalue weighted by molar-refractivity contribution is 5.76. The minimum absolute atomic E-state index is 0.0489. The fourth-order valence-corrected chi connectivity index (χ4v) is 3.21. The van der Waals surface area contributed by atoms with Crippen LogP contribution in [0.2, 0.25) is 0 Å². The molecular formula is C21H33N3O4.